The van der Waals surface area contributed by atoms with Crippen LogP contribution in [0.5, 0.6) is 0 Å². The number of fused-ring (bicyclic) bond motifs is 1. The van der Waals surface area contributed by atoms with E-state index in [-0.39, 0.29) is 5.91 Å². The molecule has 0 atom stereocenters. The number of pyridine rings is 1. The smallest absolute Gasteiger partial charge is 0.256 e. The first-order chi connectivity index (χ1) is 14.7. The Bertz CT molecular complexity index is 1360. The fraction of sp³-hybridized carbons (Fsp3) is 0.0455. The van der Waals surface area contributed by atoms with E-state index in [0.29, 0.717) is 28.5 Å². The van der Waals surface area contributed by atoms with Gasteiger partial charge in [-0.25, -0.2) is 9.67 Å². The molecule has 0 spiro atoms. The molecule has 0 unspecified atom stereocenters. The molecule has 1 amide bonds. The third-order valence-corrected chi connectivity index (χ3v) is 4.73. The lowest BCUT2D eigenvalue weighted by Gasteiger charge is -2.10. The number of aryl methyl sites for hydroxylation is 1. The normalized spacial score (nSPS) is 11.0. The van der Waals surface area contributed by atoms with E-state index in [1.54, 1.807) is 30.1 Å². The summed E-state index contributed by atoms with van der Waals surface area (Å²) in [5, 5.41) is 15.3. The van der Waals surface area contributed by atoms with Gasteiger partial charge < -0.3 is 9.73 Å². The molecule has 3 heterocycles. The molecule has 1 N–H and O–H groups in total. The fourth-order valence-electron chi connectivity index (χ4n) is 3.32. The van der Waals surface area contributed by atoms with Crippen molar-refractivity contribution in [1.82, 2.24) is 25.2 Å². The van der Waals surface area contributed by atoms with Gasteiger partial charge in [-0.05, 0) is 46.8 Å². The molecule has 0 radical (unpaired) electrons. The van der Waals surface area contributed by atoms with E-state index in [0.717, 1.165) is 16.5 Å². The van der Waals surface area contributed by atoms with Crippen LogP contribution in [0.3, 0.4) is 0 Å². The first-order valence-electron chi connectivity index (χ1n) is 9.27. The summed E-state index contributed by atoms with van der Waals surface area (Å²) in [5.74, 6) is 0.974. The zero-order valence-electron chi connectivity index (χ0n) is 16.0. The summed E-state index contributed by atoms with van der Waals surface area (Å²) in [7, 11) is 1.76. The van der Waals surface area contributed by atoms with Crippen molar-refractivity contribution in [2.75, 3.05) is 5.32 Å². The van der Waals surface area contributed by atoms with Gasteiger partial charge >= 0.3 is 0 Å². The Morgan fingerprint density at radius 2 is 1.93 bits per heavy atom. The van der Waals surface area contributed by atoms with Crippen LogP contribution in [0.2, 0.25) is 0 Å². The molecule has 0 bridgehead atoms. The van der Waals surface area contributed by atoms with E-state index in [1.165, 1.54) is 0 Å². The highest BCUT2D eigenvalue weighted by atomic mass is 16.3. The lowest BCUT2D eigenvalue weighted by Crippen LogP contribution is -2.13. The highest BCUT2D eigenvalue weighted by molar-refractivity contribution is 6.13. The van der Waals surface area contributed by atoms with Crippen LogP contribution >= 0.6 is 0 Å². The number of rotatable bonds is 4. The molecule has 146 valence electrons. The Hall–Kier alpha value is -4.33. The van der Waals surface area contributed by atoms with E-state index in [2.05, 4.69) is 25.8 Å². The van der Waals surface area contributed by atoms with Gasteiger partial charge in [-0.3, -0.25) is 4.79 Å². The topological polar surface area (TPSA) is 98.7 Å². The van der Waals surface area contributed by atoms with Crippen molar-refractivity contribution >= 4 is 22.5 Å². The number of furan rings is 1. The molecule has 8 heteroatoms. The summed E-state index contributed by atoms with van der Waals surface area (Å²) in [6, 6.07) is 20.3. The van der Waals surface area contributed by atoms with E-state index >= 15 is 0 Å². The van der Waals surface area contributed by atoms with Crippen molar-refractivity contribution in [3.8, 4) is 22.8 Å². The molecule has 5 rings (SSSR count). The average molecular weight is 396 g/mol. The number of anilines is 1. The van der Waals surface area contributed by atoms with Gasteiger partial charge in [-0.1, -0.05) is 30.3 Å². The molecule has 2 aromatic carbocycles. The SMILES string of the molecule is Cn1nnnc1-c1cccc(NC(=O)c2cc(-c3ccco3)nc3ccccc23)c1. The molecular weight excluding hydrogens is 380 g/mol. The van der Waals surface area contributed by atoms with Crippen LogP contribution in [0.25, 0.3) is 33.7 Å². The number of hydrogen-bond donors (Lipinski definition) is 1. The zero-order valence-corrected chi connectivity index (χ0v) is 16.0. The number of amides is 1. The molecule has 0 aliphatic carbocycles. The molecule has 3 aromatic heterocycles. The number of para-hydroxylation sites is 1. The highest BCUT2D eigenvalue weighted by Gasteiger charge is 2.16. The van der Waals surface area contributed by atoms with E-state index in [1.807, 2.05) is 54.6 Å². The molecule has 0 aliphatic rings. The summed E-state index contributed by atoms with van der Waals surface area (Å²) in [6.07, 6.45) is 1.58. The molecule has 0 saturated heterocycles. The second kappa shape index (κ2) is 7.25. The standard InChI is InChI=1S/C22H16N6O2/c1-28-21(25-26-27-28)14-6-4-7-15(12-14)23-22(29)17-13-19(20-10-5-11-30-20)24-18-9-3-2-8-16(17)18/h2-13H,1H3,(H,23,29). The number of carbonyl (C=O) groups is 1. The Balaban J connectivity index is 1.53. The van der Waals surface area contributed by atoms with Crippen LogP contribution in [-0.2, 0) is 7.05 Å². The van der Waals surface area contributed by atoms with Gasteiger partial charge in [0.15, 0.2) is 11.6 Å². The maximum Gasteiger partial charge on any atom is 0.256 e. The monoisotopic (exact) mass is 396 g/mol. The maximum atomic E-state index is 13.2. The molecule has 0 aliphatic heterocycles. The van der Waals surface area contributed by atoms with Gasteiger partial charge in [0.2, 0.25) is 0 Å². The minimum atomic E-state index is -0.241. The number of tetrazole rings is 1. The lowest BCUT2D eigenvalue weighted by atomic mass is 10.1. The van der Waals surface area contributed by atoms with E-state index in [9.17, 15) is 4.79 Å². The van der Waals surface area contributed by atoms with Crippen molar-refractivity contribution in [3.05, 3.63) is 78.6 Å². The number of nitrogens with zero attached hydrogens (tertiary/aromatic N) is 5. The quantitative estimate of drug-likeness (QED) is 0.494. The predicted octanol–water partition coefficient (Wildman–Crippen LogP) is 3.94. The lowest BCUT2D eigenvalue weighted by molar-refractivity contribution is 0.102. The van der Waals surface area contributed by atoms with Crippen LogP contribution in [0.4, 0.5) is 5.69 Å². The van der Waals surface area contributed by atoms with E-state index < -0.39 is 0 Å². The van der Waals surface area contributed by atoms with Gasteiger partial charge in [-0.2, -0.15) is 0 Å². The summed E-state index contributed by atoms with van der Waals surface area (Å²) in [6.45, 7) is 0. The van der Waals surface area contributed by atoms with Crippen LogP contribution in [-0.4, -0.2) is 31.1 Å². The highest BCUT2D eigenvalue weighted by Crippen LogP contribution is 2.26. The minimum Gasteiger partial charge on any atom is -0.463 e. The van der Waals surface area contributed by atoms with Gasteiger partial charge in [-0.15, -0.1) is 5.10 Å². The average Bonchev–Trinajstić information content (AvgIpc) is 3.45. The van der Waals surface area contributed by atoms with Gasteiger partial charge in [0.05, 0.1) is 17.3 Å². The first kappa shape index (κ1) is 17.7. The van der Waals surface area contributed by atoms with Crippen molar-refractivity contribution in [2.45, 2.75) is 0 Å². The Morgan fingerprint density at radius 1 is 1.03 bits per heavy atom. The van der Waals surface area contributed by atoms with Crippen molar-refractivity contribution < 1.29 is 9.21 Å². The van der Waals surface area contributed by atoms with Crippen LogP contribution in [0.15, 0.2) is 77.4 Å². The van der Waals surface area contributed by atoms with Crippen LogP contribution in [0.1, 0.15) is 10.4 Å². The Morgan fingerprint density at radius 3 is 2.73 bits per heavy atom. The second-order valence-corrected chi connectivity index (χ2v) is 6.71. The molecule has 0 saturated carbocycles. The molecule has 0 fully saturated rings. The van der Waals surface area contributed by atoms with E-state index in [4.69, 9.17) is 4.42 Å². The van der Waals surface area contributed by atoms with Crippen molar-refractivity contribution in [3.63, 3.8) is 0 Å². The van der Waals surface area contributed by atoms with Crippen molar-refractivity contribution in [2.24, 2.45) is 7.05 Å². The van der Waals surface area contributed by atoms with Crippen LogP contribution < -0.4 is 5.32 Å². The van der Waals surface area contributed by atoms with Gasteiger partial charge in [0.25, 0.3) is 5.91 Å². The predicted molar refractivity (Wildman–Crippen MR) is 112 cm³/mol. The van der Waals surface area contributed by atoms with Crippen molar-refractivity contribution in [1.29, 1.82) is 0 Å². The summed E-state index contributed by atoms with van der Waals surface area (Å²) in [4.78, 5) is 17.8. The summed E-state index contributed by atoms with van der Waals surface area (Å²) >= 11 is 0. The number of benzene rings is 2. The van der Waals surface area contributed by atoms with Gasteiger partial charge in [0.1, 0.15) is 5.69 Å². The largest absolute Gasteiger partial charge is 0.463 e. The zero-order chi connectivity index (χ0) is 20.5. The molecule has 8 nitrogen and oxygen atoms in total. The van der Waals surface area contributed by atoms with Crippen LogP contribution in [0, 0.1) is 0 Å². The molecular formula is C22H16N6O2. The third-order valence-electron chi connectivity index (χ3n) is 4.73. The maximum absolute atomic E-state index is 13.2. The Kier molecular flexibility index (Phi) is 4.29. The molecule has 30 heavy (non-hydrogen) atoms. The summed E-state index contributed by atoms with van der Waals surface area (Å²) in [5.41, 5.74) is 3.27. The number of nitrogens with one attached hydrogen (secondary N) is 1. The number of hydrogen-bond acceptors (Lipinski definition) is 6. The Labute approximate surface area is 171 Å². The molecule has 5 aromatic rings. The number of carbonyl (C=O) groups excluding carboxylic acids is 1. The second-order valence-electron chi connectivity index (χ2n) is 6.71. The third kappa shape index (κ3) is 3.20. The summed E-state index contributed by atoms with van der Waals surface area (Å²) < 4.78 is 7.05. The first-order valence-corrected chi connectivity index (χ1v) is 9.27. The number of aromatic nitrogens is 5. The fourth-order valence-corrected chi connectivity index (χ4v) is 3.32. The van der Waals surface area contributed by atoms with Gasteiger partial charge in [0, 0.05) is 23.7 Å². The minimum absolute atomic E-state index is 0.241.